The van der Waals surface area contributed by atoms with Crippen LogP contribution < -0.4 is 11.1 Å². The van der Waals surface area contributed by atoms with Gasteiger partial charge in [-0.25, -0.2) is 9.78 Å². The number of anilines is 2. The molecule has 24 heavy (non-hydrogen) atoms. The second kappa shape index (κ2) is 6.15. The summed E-state index contributed by atoms with van der Waals surface area (Å²) in [6.07, 6.45) is 0.689. The number of nitrogens with two attached hydrogens (primary N) is 1. The molecule has 2 heterocycles. The van der Waals surface area contributed by atoms with E-state index in [1.54, 1.807) is 12.1 Å². The lowest BCUT2D eigenvalue weighted by Gasteiger charge is -2.15. The maximum atomic E-state index is 11.2. The van der Waals surface area contributed by atoms with Crippen LogP contribution in [-0.4, -0.2) is 37.3 Å². The summed E-state index contributed by atoms with van der Waals surface area (Å²) in [7, 11) is 0. The van der Waals surface area contributed by atoms with Crippen LogP contribution in [0, 0.1) is 6.92 Å². The van der Waals surface area contributed by atoms with Gasteiger partial charge in [0.1, 0.15) is 5.82 Å². The van der Waals surface area contributed by atoms with Crippen molar-refractivity contribution in [3.8, 4) is 0 Å². The van der Waals surface area contributed by atoms with Gasteiger partial charge in [0.25, 0.3) is 0 Å². The molecule has 0 radical (unpaired) electrons. The predicted molar refractivity (Wildman–Crippen MR) is 91.0 cm³/mol. The van der Waals surface area contributed by atoms with Crippen molar-refractivity contribution in [1.29, 1.82) is 0 Å². The number of carbonyl (C=O) groups is 1. The first kappa shape index (κ1) is 15.7. The molecule has 0 spiro atoms. The number of rotatable bonds is 5. The third-order valence-electron chi connectivity index (χ3n) is 3.62. The summed E-state index contributed by atoms with van der Waals surface area (Å²) in [6.45, 7) is 3.94. The van der Waals surface area contributed by atoms with Crippen LogP contribution in [0.3, 0.4) is 0 Å². The standard InChI is InChI=1S/C16H18N6O2/c1-8(5-11-6-9(2)21-22-11)18-14-12-7-10(15(23)24)3-4-13(12)19-16(17)20-14/h3-4,6-8H,5H2,1-2H3,(H,21,22)(H,23,24)(H3,17,18,19,20)/t8-/m0/s1. The van der Waals surface area contributed by atoms with Crippen molar-refractivity contribution in [2.24, 2.45) is 0 Å². The predicted octanol–water partition coefficient (Wildman–Crippen LogP) is 1.98. The van der Waals surface area contributed by atoms with Gasteiger partial charge in [0.2, 0.25) is 5.95 Å². The van der Waals surface area contributed by atoms with Crippen LogP contribution in [-0.2, 0) is 6.42 Å². The molecule has 0 aliphatic carbocycles. The van der Waals surface area contributed by atoms with Gasteiger partial charge in [0, 0.05) is 23.5 Å². The summed E-state index contributed by atoms with van der Waals surface area (Å²) < 4.78 is 0. The van der Waals surface area contributed by atoms with Crippen molar-refractivity contribution in [3.63, 3.8) is 0 Å². The van der Waals surface area contributed by atoms with Crippen LogP contribution in [0.2, 0.25) is 0 Å². The molecule has 124 valence electrons. The zero-order valence-corrected chi connectivity index (χ0v) is 13.4. The summed E-state index contributed by atoms with van der Waals surface area (Å²) in [5.74, 6) is -0.351. The van der Waals surface area contributed by atoms with Gasteiger partial charge in [0.05, 0.1) is 16.8 Å². The van der Waals surface area contributed by atoms with E-state index in [0.29, 0.717) is 23.1 Å². The summed E-state index contributed by atoms with van der Waals surface area (Å²) in [5, 5.41) is 20.2. The Morgan fingerprint density at radius 1 is 1.38 bits per heavy atom. The third-order valence-corrected chi connectivity index (χ3v) is 3.62. The number of carboxylic acid groups (broad SMARTS) is 1. The van der Waals surface area contributed by atoms with E-state index in [0.717, 1.165) is 11.4 Å². The summed E-state index contributed by atoms with van der Waals surface area (Å²) >= 11 is 0. The Kier molecular flexibility index (Phi) is 4.03. The summed E-state index contributed by atoms with van der Waals surface area (Å²) in [5.41, 5.74) is 8.46. The van der Waals surface area contributed by atoms with Crippen LogP contribution in [0.5, 0.6) is 0 Å². The van der Waals surface area contributed by atoms with Gasteiger partial charge in [-0.1, -0.05) is 0 Å². The van der Waals surface area contributed by atoms with E-state index in [1.165, 1.54) is 6.07 Å². The van der Waals surface area contributed by atoms with E-state index in [-0.39, 0.29) is 17.6 Å². The number of nitrogens with zero attached hydrogens (tertiary/aromatic N) is 3. The molecular formula is C16H18N6O2. The summed E-state index contributed by atoms with van der Waals surface area (Å²) in [6, 6.07) is 6.68. The molecular weight excluding hydrogens is 308 g/mol. The number of carboxylic acids is 1. The number of fused-ring (bicyclic) bond motifs is 1. The Morgan fingerprint density at radius 3 is 2.83 bits per heavy atom. The molecule has 0 saturated carbocycles. The van der Waals surface area contributed by atoms with Crippen LogP contribution in [0.4, 0.5) is 11.8 Å². The highest BCUT2D eigenvalue weighted by molar-refractivity contribution is 5.97. The van der Waals surface area contributed by atoms with Gasteiger partial charge in [-0.2, -0.15) is 10.1 Å². The van der Waals surface area contributed by atoms with Crippen molar-refractivity contribution in [1.82, 2.24) is 20.2 Å². The van der Waals surface area contributed by atoms with Crippen LogP contribution in [0.25, 0.3) is 10.9 Å². The molecule has 1 aromatic carbocycles. The number of hydrogen-bond donors (Lipinski definition) is 4. The van der Waals surface area contributed by atoms with Gasteiger partial charge in [-0.15, -0.1) is 0 Å². The zero-order chi connectivity index (χ0) is 17.3. The van der Waals surface area contributed by atoms with Crippen molar-refractivity contribution in [2.45, 2.75) is 26.3 Å². The minimum atomic E-state index is -1.00. The van der Waals surface area contributed by atoms with Gasteiger partial charge < -0.3 is 16.2 Å². The minimum absolute atomic E-state index is 0.0266. The number of H-pyrrole nitrogens is 1. The number of nitrogen functional groups attached to an aromatic ring is 1. The number of benzene rings is 1. The summed E-state index contributed by atoms with van der Waals surface area (Å²) in [4.78, 5) is 19.6. The van der Waals surface area contributed by atoms with Crippen molar-refractivity contribution in [3.05, 3.63) is 41.2 Å². The van der Waals surface area contributed by atoms with Crippen LogP contribution in [0.15, 0.2) is 24.3 Å². The molecule has 0 saturated heterocycles. The smallest absolute Gasteiger partial charge is 0.335 e. The monoisotopic (exact) mass is 326 g/mol. The molecule has 2 aromatic heterocycles. The first-order chi connectivity index (χ1) is 11.4. The number of hydrogen-bond acceptors (Lipinski definition) is 6. The molecule has 0 amide bonds. The number of aryl methyl sites for hydroxylation is 1. The van der Waals surface area contributed by atoms with E-state index in [9.17, 15) is 9.90 Å². The second-order valence-corrected chi connectivity index (χ2v) is 5.76. The normalized spacial score (nSPS) is 12.2. The number of aromatic carboxylic acids is 1. The van der Waals surface area contributed by atoms with Crippen molar-refractivity contribution < 1.29 is 9.90 Å². The highest BCUT2D eigenvalue weighted by Gasteiger charge is 2.13. The van der Waals surface area contributed by atoms with E-state index >= 15 is 0 Å². The topological polar surface area (TPSA) is 130 Å². The average Bonchev–Trinajstić information content (AvgIpc) is 2.91. The molecule has 3 rings (SSSR count). The van der Waals surface area contributed by atoms with Crippen LogP contribution >= 0.6 is 0 Å². The van der Waals surface area contributed by atoms with Gasteiger partial charge in [-0.05, 0) is 38.1 Å². The Bertz CT molecular complexity index is 905. The molecule has 3 aromatic rings. The van der Waals surface area contributed by atoms with Crippen molar-refractivity contribution >= 4 is 28.6 Å². The van der Waals surface area contributed by atoms with E-state index in [1.807, 2.05) is 19.9 Å². The SMILES string of the molecule is Cc1cc(C[C@H](C)Nc2nc(N)nc3ccc(C(=O)O)cc23)n[nH]1. The van der Waals surface area contributed by atoms with Gasteiger partial charge >= 0.3 is 5.97 Å². The van der Waals surface area contributed by atoms with Crippen molar-refractivity contribution in [2.75, 3.05) is 11.1 Å². The molecule has 8 nitrogen and oxygen atoms in total. The van der Waals surface area contributed by atoms with E-state index in [2.05, 4.69) is 25.5 Å². The Balaban J connectivity index is 1.92. The fourth-order valence-corrected chi connectivity index (χ4v) is 2.57. The van der Waals surface area contributed by atoms with Gasteiger partial charge in [0.15, 0.2) is 0 Å². The Labute approximate surface area is 138 Å². The minimum Gasteiger partial charge on any atom is -0.478 e. The zero-order valence-electron chi connectivity index (χ0n) is 13.4. The lowest BCUT2D eigenvalue weighted by molar-refractivity contribution is 0.0697. The molecule has 0 bridgehead atoms. The quantitative estimate of drug-likeness (QED) is 0.564. The lowest BCUT2D eigenvalue weighted by atomic mass is 10.1. The fourth-order valence-electron chi connectivity index (χ4n) is 2.57. The first-order valence-corrected chi connectivity index (χ1v) is 7.50. The number of aromatic amines is 1. The highest BCUT2D eigenvalue weighted by Crippen LogP contribution is 2.23. The average molecular weight is 326 g/mol. The Hall–Kier alpha value is -3.16. The molecule has 0 fully saturated rings. The van der Waals surface area contributed by atoms with Crippen LogP contribution in [0.1, 0.15) is 28.7 Å². The number of nitrogens with one attached hydrogen (secondary N) is 2. The molecule has 1 atom stereocenters. The third kappa shape index (κ3) is 3.27. The van der Waals surface area contributed by atoms with E-state index < -0.39 is 5.97 Å². The van der Waals surface area contributed by atoms with Gasteiger partial charge in [-0.3, -0.25) is 5.10 Å². The molecule has 5 N–H and O–H groups in total. The Morgan fingerprint density at radius 2 is 2.17 bits per heavy atom. The highest BCUT2D eigenvalue weighted by atomic mass is 16.4. The number of aromatic nitrogens is 4. The van der Waals surface area contributed by atoms with E-state index in [4.69, 9.17) is 5.73 Å². The molecule has 0 unspecified atom stereocenters. The lowest BCUT2D eigenvalue weighted by Crippen LogP contribution is -2.20. The second-order valence-electron chi connectivity index (χ2n) is 5.76. The largest absolute Gasteiger partial charge is 0.478 e. The molecule has 0 aliphatic heterocycles. The maximum Gasteiger partial charge on any atom is 0.335 e. The fraction of sp³-hybridized carbons (Fsp3) is 0.250. The molecule has 8 heteroatoms. The first-order valence-electron chi connectivity index (χ1n) is 7.50. The molecule has 0 aliphatic rings. The maximum absolute atomic E-state index is 11.2.